The average Bonchev–Trinajstić information content (AvgIpc) is 2.51. The summed E-state index contributed by atoms with van der Waals surface area (Å²) in [6, 6.07) is 9.79. The molecule has 0 amide bonds. The number of halogens is 1. The summed E-state index contributed by atoms with van der Waals surface area (Å²) in [7, 11) is 0. The van der Waals surface area contributed by atoms with Gasteiger partial charge in [0.2, 0.25) is 0 Å². The van der Waals surface area contributed by atoms with Gasteiger partial charge in [-0.05, 0) is 35.4 Å². The molecule has 0 aliphatic heterocycles. The first-order valence-electron chi connectivity index (χ1n) is 6.52. The number of carbonyl (C=O) groups is 1. The van der Waals surface area contributed by atoms with Gasteiger partial charge in [-0.3, -0.25) is 10.1 Å². The van der Waals surface area contributed by atoms with Crippen LogP contribution in [0.5, 0.6) is 5.75 Å². The number of nitro groups is 1. The third-order valence-electron chi connectivity index (χ3n) is 2.88. The number of carboxylic acids is 1. The van der Waals surface area contributed by atoms with E-state index < -0.39 is 16.7 Å². The summed E-state index contributed by atoms with van der Waals surface area (Å²) < 4.78 is 18.5. The topological polar surface area (TPSA) is 89.7 Å². The maximum Gasteiger partial charge on any atom is 0.328 e. The van der Waals surface area contributed by atoms with Crippen LogP contribution in [0.1, 0.15) is 11.1 Å². The Labute approximate surface area is 130 Å². The molecule has 6 nitrogen and oxygen atoms in total. The van der Waals surface area contributed by atoms with Crippen molar-refractivity contribution in [3.05, 3.63) is 75.6 Å². The number of ether oxygens (including phenoxy) is 1. The van der Waals surface area contributed by atoms with Gasteiger partial charge in [-0.2, -0.15) is 0 Å². The summed E-state index contributed by atoms with van der Waals surface area (Å²) in [6.45, 7) is -0.0249. The van der Waals surface area contributed by atoms with Gasteiger partial charge in [-0.15, -0.1) is 0 Å². The Hall–Kier alpha value is -3.22. The van der Waals surface area contributed by atoms with Crippen molar-refractivity contribution < 1.29 is 24.0 Å². The molecule has 0 spiro atoms. The monoisotopic (exact) mass is 317 g/mol. The molecule has 118 valence electrons. The highest BCUT2D eigenvalue weighted by Crippen LogP contribution is 2.29. The van der Waals surface area contributed by atoms with Gasteiger partial charge in [0.1, 0.15) is 12.4 Å². The first-order valence-corrected chi connectivity index (χ1v) is 6.52. The SMILES string of the molecule is O=C(O)/C=C\c1ccc(OCc2cccc(F)c2)c([N+](=O)[O-])c1. The number of benzene rings is 2. The van der Waals surface area contributed by atoms with Crippen LogP contribution >= 0.6 is 0 Å². The molecule has 2 rings (SSSR count). The van der Waals surface area contributed by atoms with E-state index in [1.807, 2.05) is 0 Å². The van der Waals surface area contributed by atoms with E-state index in [0.29, 0.717) is 11.1 Å². The van der Waals surface area contributed by atoms with E-state index in [4.69, 9.17) is 9.84 Å². The van der Waals surface area contributed by atoms with Crippen LogP contribution in [-0.2, 0) is 11.4 Å². The van der Waals surface area contributed by atoms with E-state index in [2.05, 4.69) is 0 Å². The normalized spacial score (nSPS) is 10.7. The van der Waals surface area contributed by atoms with E-state index in [1.54, 1.807) is 6.07 Å². The van der Waals surface area contributed by atoms with E-state index in [9.17, 15) is 19.3 Å². The molecule has 0 saturated heterocycles. The Bertz CT molecular complexity index is 773. The fraction of sp³-hybridized carbons (Fsp3) is 0.0625. The Balaban J connectivity index is 2.21. The molecule has 0 bridgehead atoms. The quantitative estimate of drug-likeness (QED) is 0.501. The fourth-order valence-electron chi connectivity index (χ4n) is 1.86. The lowest BCUT2D eigenvalue weighted by Crippen LogP contribution is -2.00. The second-order valence-corrected chi connectivity index (χ2v) is 4.57. The molecule has 1 N–H and O–H groups in total. The zero-order chi connectivity index (χ0) is 16.8. The smallest absolute Gasteiger partial charge is 0.328 e. The minimum absolute atomic E-state index is 0.0201. The Morgan fingerprint density at radius 3 is 2.74 bits per heavy atom. The summed E-state index contributed by atoms with van der Waals surface area (Å²) in [5, 5.41) is 19.7. The van der Waals surface area contributed by atoms with Crippen LogP contribution < -0.4 is 4.74 Å². The van der Waals surface area contributed by atoms with E-state index >= 15 is 0 Å². The highest BCUT2D eigenvalue weighted by atomic mass is 19.1. The standard InChI is InChI=1S/C16H12FNO5/c17-13-3-1-2-12(8-13)10-23-15-6-4-11(5-7-16(19)20)9-14(15)18(21)22/h1-9H,10H2,(H,19,20)/b7-5-. The average molecular weight is 317 g/mol. The van der Waals surface area contributed by atoms with Crippen molar-refractivity contribution in [3.8, 4) is 5.75 Å². The fourth-order valence-corrected chi connectivity index (χ4v) is 1.86. The molecular weight excluding hydrogens is 305 g/mol. The molecule has 0 aromatic heterocycles. The third kappa shape index (κ3) is 4.63. The van der Waals surface area contributed by atoms with E-state index in [-0.39, 0.29) is 18.0 Å². The molecule has 23 heavy (non-hydrogen) atoms. The van der Waals surface area contributed by atoms with Crippen LogP contribution in [-0.4, -0.2) is 16.0 Å². The van der Waals surface area contributed by atoms with E-state index in [0.717, 1.165) is 6.08 Å². The van der Waals surface area contributed by atoms with Crippen molar-refractivity contribution >= 4 is 17.7 Å². The molecule has 0 radical (unpaired) electrons. The lowest BCUT2D eigenvalue weighted by Gasteiger charge is -2.07. The second kappa shape index (κ2) is 7.17. The number of aliphatic carboxylic acids is 1. The Kier molecular flexibility index (Phi) is 5.03. The molecule has 2 aromatic rings. The van der Waals surface area contributed by atoms with Gasteiger partial charge >= 0.3 is 11.7 Å². The molecule has 0 fully saturated rings. The Morgan fingerprint density at radius 1 is 1.30 bits per heavy atom. The number of nitro benzene ring substituents is 1. The zero-order valence-electron chi connectivity index (χ0n) is 11.8. The van der Waals surface area contributed by atoms with Gasteiger partial charge in [0.25, 0.3) is 0 Å². The summed E-state index contributed by atoms with van der Waals surface area (Å²) in [5.74, 6) is -1.56. The molecule has 2 aromatic carbocycles. The molecule has 0 unspecified atom stereocenters. The van der Waals surface area contributed by atoms with Crippen LogP contribution in [0, 0.1) is 15.9 Å². The van der Waals surface area contributed by atoms with Crippen molar-refractivity contribution in [1.29, 1.82) is 0 Å². The molecule has 0 saturated carbocycles. The van der Waals surface area contributed by atoms with Gasteiger partial charge in [0.15, 0.2) is 5.75 Å². The zero-order valence-corrected chi connectivity index (χ0v) is 11.8. The molecular formula is C16H12FNO5. The van der Waals surface area contributed by atoms with Gasteiger partial charge in [-0.1, -0.05) is 18.2 Å². The molecule has 0 heterocycles. The Morgan fingerprint density at radius 2 is 2.09 bits per heavy atom. The van der Waals surface area contributed by atoms with Crippen LogP contribution in [0.3, 0.4) is 0 Å². The van der Waals surface area contributed by atoms with Crippen LogP contribution in [0.25, 0.3) is 6.08 Å². The number of hydrogen-bond donors (Lipinski definition) is 1. The maximum absolute atomic E-state index is 13.1. The highest BCUT2D eigenvalue weighted by Gasteiger charge is 2.15. The lowest BCUT2D eigenvalue weighted by molar-refractivity contribution is -0.386. The van der Waals surface area contributed by atoms with Gasteiger partial charge in [0.05, 0.1) is 4.92 Å². The number of hydrogen-bond acceptors (Lipinski definition) is 4. The van der Waals surface area contributed by atoms with Crippen molar-refractivity contribution in [3.63, 3.8) is 0 Å². The number of nitrogens with zero attached hydrogens (tertiary/aromatic N) is 1. The van der Waals surface area contributed by atoms with Crippen LogP contribution in [0.15, 0.2) is 48.5 Å². The minimum Gasteiger partial charge on any atom is -0.482 e. The maximum atomic E-state index is 13.1. The molecule has 0 aliphatic carbocycles. The van der Waals surface area contributed by atoms with Crippen molar-refractivity contribution in [2.24, 2.45) is 0 Å². The molecule has 0 atom stereocenters. The first-order chi connectivity index (χ1) is 11.0. The summed E-state index contributed by atoms with van der Waals surface area (Å²) in [5.41, 5.74) is 0.597. The number of carboxylic acid groups (broad SMARTS) is 1. The predicted octanol–water partition coefficient (Wildman–Crippen LogP) is 3.41. The summed E-state index contributed by atoms with van der Waals surface area (Å²) in [4.78, 5) is 20.9. The van der Waals surface area contributed by atoms with Gasteiger partial charge < -0.3 is 9.84 Å². The summed E-state index contributed by atoms with van der Waals surface area (Å²) in [6.07, 6.45) is 2.12. The minimum atomic E-state index is -1.15. The van der Waals surface area contributed by atoms with Crippen molar-refractivity contribution in [2.45, 2.75) is 6.61 Å². The van der Waals surface area contributed by atoms with Gasteiger partial charge in [-0.25, -0.2) is 9.18 Å². The van der Waals surface area contributed by atoms with Crippen molar-refractivity contribution in [1.82, 2.24) is 0 Å². The largest absolute Gasteiger partial charge is 0.482 e. The van der Waals surface area contributed by atoms with E-state index in [1.165, 1.54) is 42.5 Å². The lowest BCUT2D eigenvalue weighted by atomic mass is 10.1. The molecule has 7 heteroatoms. The summed E-state index contributed by atoms with van der Waals surface area (Å²) >= 11 is 0. The molecule has 0 aliphatic rings. The van der Waals surface area contributed by atoms with Crippen LogP contribution in [0.4, 0.5) is 10.1 Å². The first kappa shape index (κ1) is 16.2. The third-order valence-corrected chi connectivity index (χ3v) is 2.88. The van der Waals surface area contributed by atoms with Gasteiger partial charge in [0, 0.05) is 12.1 Å². The highest BCUT2D eigenvalue weighted by molar-refractivity contribution is 5.85. The van der Waals surface area contributed by atoms with Crippen molar-refractivity contribution in [2.75, 3.05) is 0 Å². The second-order valence-electron chi connectivity index (χ2n) is 4.57. The number of rotatable bonds is 6. The predicted molar refractivity (Wildman–Crippen MR) is 80.5 cm³/mol. The van der Waals surface area contributed by atoms with Crippen LogP contribution in [0.2, 0.25) is 0 Å².